The molecule has 0 unspecified atom stereocenters. The summed E-state index contributed by atoms with van der Waals surface area (Å²) in [5, 5.41) is 0. The second-order valence-corrected chi connectivity index (χ2v) is 5.25. The number of amides is 1. The first-order valence-corrected chi connectivity index (χ1v) is 6.88. The number of carbonyl (C=O) groups is 1. The number of nitrogens with zero attached hydrogens (tertiary/aromatic N) is 1. The van der Waals surface area contributed by atoms with Gasteiger partial charge in [-0.2, -0.15) is 0 Å². The highest BCUT2D eigenvalue weighted by atomic mass is 16.2. The van der Waals surface area contributed by atoms with E-state index in [1.165, 1.54) is 0 Å². The van der Waals surface area contributed by atoms with Crippen molar-refractivity contribution in [1.82, 2.24) is 0 Å². The van der Waals surface area contributed by atoms with Gasteiger partial charge in [0.1, 0.15) is 0 Å². The van der Waals surface area contributed by atoms with Crippen LogP contribution in [0.2, 0.25) is 0 Å². The average molecular weight is 263 g/mol. The average Bonchev–Trinajstić information content (AvgIpc) is 2.45. The van der Waals surface area contributed by atoms with Crippen molar-refractivity contribution in [3.63, 3.8) is 0 Å². The first-order valence-electron chi connectivity index (χ1n) is 6.88. The van der Waals surface area contributed by atoms with Crippen molar-refractivity contribution in [1.29, 1.82) is 0 Å². The van der Waals surface area contributed by atoms with Crippen LogP contribution < -0.4 is 4.90 Å². The lowest BCUT2D eigenvalue weighted by Crippen LogP contribution is -2.38. The van der Waals surface area contributed by atoms with Gasteiger partial charge in [0.15, 0.2) is 0 Å². The van der Waals surface area contributed by atoms with Crippen LogP contribution in [-0.2, 0) is 0 Å². The van der Waals surface area contributed by atoms with Gasteiger partial charge in [-0.3, -0.25) is 4.79 Å². The molecule has 100 valence electrons. The summed E-state index contributed by atoms with van der Waals surface area (Å²) in [4.78, 5) is 14.8. The fourth-order valence-corrected chi connectivity index (χ4v) is 2.62. The Morgan fingerprint density at radius 2 is 1.45 bits per heavy atom. The van der Waals surface area contributed by atoms with Crippen LogP contribution in [0.5, 0.6) is 0 Å². The molecule has 0 saturated carbocycles. The van der Waals surface area contributed by atoms with Crippen molar-refractivity contribution in [3.05, 3.63) is 65.2 Å². The van der Waals surface area contributed by atoms with E-state index in [0.29, 0.717) is 0 Å². The molecule has 0 bridgehead atoms. The Morgan fingerprint density at radius 3 is 2.20 bits per heavy atom. The van der Waals surface area contributed by atoms with Crippen LogP contribution in [0.15, 0.2) is 48.5 Å². The number of benzene rings is 2. The van der Waals surface area contributed by atoms with Gasteiger partial charge in [0.2, 0.25) is 0 Å². The summed E-state index contributed by atoms with van der Waals surface area (Å²) < 4.78 is 0. The minimum atomic E-state index is 0.0624. The SMILES string of the molecule is CC(C)N1C(=O)c2ccccc2C=Cc2ccccc21. The standard InChI is InChI=1S/C18H17NO/c1-13(2)19-17-10-6-4-8-15(17)12-11-14-7-3-5-9-16(14)18(19)20/h3-13H,1-2H3. The molecule has 20 heavy (non-hydrogen) atoms. The Morgan fingerprint density at radius 1 is 0.850 bits per heavy atom. The quantitative estimate of drug-likeness (QED) is 0.754. The number of rotatable bonds is 1. The molecule has 0 radical (unpaired) electrons. The molecule has 1 heterocycles. The number of hydrogen-bond donors (Lipinski definition) is 0. The number of anilines is 1. The summed E-state index contributed by atoms with van der Waals surface area (Å²) in [6.45, 7) is 4.09. The molecule has 2 aromatic rings. The highest BCUT2D eigenvalue weighted by Gasteiger charge is 2.24. The van der Waals surface area contributed by atoms with Crippen molar-refractivity contribution in [2.24, 2.45) is 0 Å². The zero-order valence-corrected chi connectivity index (χ0v) is 11.7. The molecule has 0 N–H and O–H groups in total. The van der Waals surface area contributed by atoms with Crippen LogP contribution in [0.4, 0.5) is 5.69 Å². The maximum absolute atomic E-state index is 12.9. The lowest BCUT2D eigenvalue weighted by molar-refractivity contribution is 0.0980. The third kappa shape index (κ3) is 2.03. The van der Waals surface area contributed by atoms with Crippen LogP contribution in [0.25, 0.3) is 12.2 Å². The minimum absolute atomic E-state index is 0.0624. The second kappa shape index (κ2) is 4.97. The van der Waals surface area contributed by atoms with E-state index in [2.05, 4.69) is 6.08 Å². The van der Waals surface area contributed by atoms with Gasteiger partial charge >= 0.3 is 0 Å². The monoisotopic (exact) mass is 263 g/mol. The maximum atomic E-state index is 12.9. The van der Waals surface area contributed by atoms with E-state index < -0.39 is 0 Å². The van der Waals surface area contributed by atoms with Gasteiger partial charge in [0.05, 0.1) is 5.69 Å². The summed E-state index contributed by atoms with van der Waals surface area (Å²) in [5.74, 6) is 0.0624. The predicted molar refractivity (Wildman–Crippen MR) is 83.8 cm³/mol. The third-order valence-electron chi connectivity index (χ3n) is 3.57. The highest BCUT2D eigenvalue weighted by molar-refractivity contribution is 6.11. The number of carbonyl (C=O) groups excluding carboxylic acids is 1. The summed E-state index contributed by atoms with van der Waals surface area (Å²) in [5.41, 5.74) is 3.77. The zero-order valence-electron chi connectivity index (χ0n) is 11.7. The molecule has 0 fully saturated rings. The topological polar surface area (TPSA) is 20.3 Å². The lowest BCUT2D eigenvalue weighted by atomic mass is 9.99. The van der Waals surface area contributed by atoms with E-state index >= 15 is 0 Å². The van der Waals surface area contributed by atoms with E-state index in [1.807, 2.05) is 73.4 Å². The maximum Gasteiger partial charge on any atom is 0.259 e. The van der Waals surface area contributed by atoms with Gasteiger partial charge in [-0.25, -0.2) is 0 Å². The number of hydrogen-bond acceptors (Lipinski definition) is 1. The van der Waals surface area contributed by atoms with Gasteiger partial charge in [0.25, 0.3) is 5.91 Å². The Kier molecular flexibility index (Phi) is 3.15. The fourth-order valence-electron chi connectivity index (χ4n) is 2.62. The number of fused-ring (bicyclic) bond motifs is 2. The smallest absolute Gasteiger partial charge is 0.259 e. The summed E-state index contributed by atoms with van der Waals surface area (Å²) in [6.07, 6.45) is 4.10. The molecule has 1 aliphatic heterocycles. The number of para-hydroxylation sites is 1. The molecule has 0 aliphatic carbocycles. The van der Waals surface area contributed by atoms with Crippen LogP contribution in [0.3, 0.4) is 0 Å². The van der Waals surface area contributed by atoms with Crippen molar-refractivity contribution < 1.29 is 4.79 Å². The van der Waals surface area contributed by atoms with Crippen LogP contribution >= 0.6 is 0 Å². The van der Waals surface area contributed by atoms with Crippen molar-refractivity contribution >= 4 is 23.7 Å². The molecule has 0 aromatic heterocycles. The molecular weight excluding hydrogens is 246 g/mol. The molecular formula is C18H17NO. The van der Waals surface area contributed by atoms with Gasteiger partial charge in [0, 0.05) is 11.6 Å². The Labute approximate surface area is 119 Å². The molecule has 2 nitrogen and oxygen atoms in total. The summed E-state index contributed by atoms with van der Waals surface area (Å²) in [6, 6.07) is 15.9. The first kappa shape index (κ1) is 12.7. The molecule has 2 heteroatoms. The van der Waals surface area contributed by atoms with E-state index in [9.17, 15) is 4.79 Å². The largest absolute Gasteiger partial charge is 0.305 e. The van der Waals surface area contributed by atoms with E-state index in [-0.39, 0.29) is 11.9 Å². The molecule has 0 spiro atoms. The Balaban J connectivity index is 2.27. The molecule has 2 aromatic carbocycles. The van der Waals surface area contributed by atoms with Gasteiger partial charge in [-0.1, -0.05) is 48.6 Å². The first-order chi connectivity index (χ1) is 9.68. The van der Waals surface area contributed by atoms with Gasteiger partial charge in [-0.05, 0) is 37.1 Å². The van der Waals surface area contributed by atoms with Crippen molar-refractivity contribution in [3.8, 4) is 0 Å². The lowest BCUT2D eigenvalue weighted by Gasteiger charge is -2.30. The van der Waals surface area contributed by atoms with E-state index in [0.717, 1.165) is 22.4 Å². The molecule has 0 atom stereocenters. The van der Waals surface area contributed by atoms with Gasteiger partial charge in [-0.15, -0.1) is 0 Å². The fraction of sp³-hybridized carbons (Fsp3) is 0.167. The summed E-state index contributed by atoms with van der Waals surface area (Å²) in [7, 11) is 0. The highest BCUT2D eigenvalue weighted by Crippen LogP contribution is 2.29. The molecule has 0 saturated heterocycles. The van der Waals surface area contributed by atoms with Crippen LogP contribution in [0.1, 0.15) is 35.3 Å². The van der Waals surface area contributed by atoms with E-state index in [4.69, 9.17) is 0 Å². The molecule has 1 aliphatic rings. The minimum Gasteiger partial charge on any atom is -0.305 e. The second-order valence-electron chi connectivity index (χ2n) is 5.25. The van der Waals surface area contributed by atoms with Crippen LogP contribution in [-0.4, -0.2) is 11.9 Å². The van der Waals surface area contributed by atoms with Crippen molar-refractivity contribution in [2.45, 2.75) is 19.9 Å². The molecule has 3 rings (SSSR count). The van der Waals surface area contributed by atoms with E-state index in [1.54, 1.807) is 0 Å². The Hall–Kier alpha value is -2.35. The van der Waals surface area contributed by atoms with Crippen molar-refractivity contribution in [2.75, 3.05) is 4.90 Å². The zero-order chi connectivity index (χ0) is 14.1. The van der Waals surface area contributed by atoms with Gasteiger partial charge < -0.3 is 4.90 Å². The third-order valence-corrected chi connectivity index (χ3v) is 3.57. The normalized spacial score (nSPS) is 13.8. The predicted octanol–water partition coefficient (Wildman–Crippen LogP) is 4.23. The summed E-state index contributed by atoms with van der Waals surface area (Å²) >= 11 is 0. The molecule has 1 amide bonds. The van der Waals surface area contributed by atoms with Crippen LogP contribution in [0, 0.1) is 0 Å². The Bertz CT molecular complexity index is 685.